The Bertz CT molecular complexity index is 766. The van der Waals surface area contributed by atoms with Gasteiger partial charge in [0.25, 0.3) is 5.56 Å². The van der Waals surface area contributed by atoms with Crippen molar-refractivity contribution in [3.05, 3.63) is 57.5 Å². The summed E-state index contributed by atoms with van der Waals surface area (Å²) in [5.74, 6) is -0.188. The van der Waals surface area contributed by atoms with Gasteiger partial charge in [0.2, 0.25) is 5.91 Å². The van der Waals surface area contributed by atoms with E-state index in [-0.39, 0.29) is 23.0 Å². The number of carbonyl (C=O) groups excluding carboxylic acids is 1. The van der Waals surface area contributed by atoms with Crippen molar-refractivity contribution >= 4 is 23.2 Å². The van der Waals surface area contributed by atoms with Crippen LogP contribution in [-0.4, -0.2) is 27.8 Å². The molecule has 2 rings (SSSR count). The zero-order valence-electron chi connectivity index (χ0n) is 14.0. The first-order chi connectivity index (χ1) is 11.3. The summed E-state index contributed by atoms with van der Waals surface area (Å²) in [7, 11) is 0. The molecule has 0 aliphatic heterocycles. The molecule has 6 nitrogen and oxygen atoms in total. The number of rotatable bonds is 5. The summed E-state index contributed by atoms with van der Waals surface area (Å²) in [5, 5.41) is 9.80. The number of amides is 1. The second kappa shape index (κ2) is 7.49. The fraction of sp³-hybridized carbons (Fsp3) is 0.353. The molecule has 0 saturated carbocycles. The van der Waals surface area contributed by atoms with E-state index in [1.54, 1.807) is 0 Å². The van der Waals surface area contributed by atoms with Crippen LogP contribution in [0.3, 0.4) is 0 Å². The molecule has 0 atom stereocenters. The molecule has 1 aromatic heterocycles. The third-order valence-electron chi connectivity index (χ3n) is 3.11. The standard InChI is InChI=1S/C17H21ClN4O2/c1-17(2,3)21-14(23)10-19-13-9-20-22(16(24)15(13)18)11-12-7-5-4-6-8-12/h4-9,19H,10-11H2,1-3H3,(H,21,23). The average Bonchev–Trinajstić information content (AvgIpc) is 2.50. The van der Waals surface area contributed by atoms with Crippen molar-refractivity contribution < 1.29 is 4.79 Å². The first-order valence-corrected chi connectivity index (χ1v) is 7.98. The van der Waals surface area contributed by atoms with Crippen LogP contribution in [0.4, 0.5) is 5.69 Å². The summed E-state index contributed by atoms with van der Waals surface area (Å²) in [6.45, 7) is 6.03. The number of anilines is 1. The lowest BCUT2D eigenvalue weighted by molar-refractivity contribution is -0.120. The summed E-state index contributed by atoms with van der Waals surface area (Å²) in [6, 6.07) is 9.51. The zero-order valence-corrected chi connectivity index (χ0v) is 14.7. The SMILES string of the molecule is CC(C)(C)NC(=O)CNc1cnn(Cc2ccccc2)c(=O)c1Cl. The maximum atomic E-state index is 12.3. The summed E-state index contributed by atoms with van der Waals surface area (Å²) < 4.78 is 1.29. The van der Waals surface area contributed by atoms with Crippen molar-refractivity contribution in [3.8, 4) is 0 Å². The largest absolute Gasteiger partial charge is 0.373 e. The molecule has 128 valence electrons. The number of hydrogen-bond donors (Lipinski definition) is 2. The normalized spacial score (nSPS) is 11.2. The molecular weight excluding hydrogens is 328 g/mol. The van der Waals surface area contributed by atoms with Crippen molar-refractivity contribution in [2.24, 2.45) is 0 Å². The van der Waals surface area contributed by atoms with Crippen LogP contribution in [0, 0.1) is 0 Å². The Morgan fingerprint density at radius 1 is 1.25 bits per heavy atom. The highest BCUT2D eigenvalue weighted by atomic mass is 35.5. The Hall–Kier alpha value is -2.34. The second-order valence-electron chi connectivity index (χ2n) is 6.47. The molecule has 1 amide bonds. The van der Waals surface area contributed by atoms with Gasteiger partial charge in [0.1, 0.15) is 5.02 Å². The molecular formula is C17H21ClN4O2. The molecule has 0 bridgehead atoms. The number of benzene rings is 1. The fourth-order valence-electron chi connectivity index (χ4n) is 2.10. The van der Waals surface area contributed by atoms with Gasteiger partial charge in [-0.3, -0.25) is 9.59 Å². The summed E-state index contributed by atoms with van der Waals surface area (Å²) >= 11 is 6.11. The molecule has 7 heteroatoms. The fourth-order valence-corrected chi connectivity index (χ4v) is 2.31. The minimum atomic E-state index is -0.401. The van der Waals surface area contributed by atoms with Crippen molar-refractivity contribution in [2.45, 2.75) is 32.9 Å². The van der Waals surface area contributed by atoms with Gasteiger partial charge in [0, 0.05) is 5.54 Å². The average molecular weight is 349 g/mol. The lowest BCUT2D eigenvalue weighted by Gasteiger charge is -2.20. The van der Waals surface area contributed by atoms with Gasteiger partial charge in [-0.25, -0.2) is 4.68 Å². The Kier molecular flexibility index (Phi) is 5.62. The molecule has 0 spiro atoms. The summed E-state index contributed by atoms with van der Waals surface area (Å²) in [4.78, 5) is 24.1. The smallest absolute Gasteiger partial charge is 0.287 e. The topological polar surface area (TPSA) is 76.0 Å². The minimum absolute atomic E-state index is 0.0147. The van der Waals surface area contributed by atoms with Crippen molar-refractivity contribution in [3.63, 3.8) is 0 Å². The van der Waals surface area contributed by atoms with Crippen molar-refractivity contribution in [1.29, 1.82) is 0 Å². The van der Waals surface area contributed by atoms with Crippen LogP contribution in [0.15, 0.2) is 41.3 Å². The van der Waals surface area contributed by atoms with Gasteiger partial charge >= 0.3 is 0 Å². The molecule has 1 heterocycles. The summed E-state index contributed by atoms with van der Waals surface area (Å²) in [5.41, 5.74) is 0.574. The number of hydrogen-bond acceptors (Lipinski definition) is 4. The van der Waals surface area contributed by atoms with Gasteiger partial charge < -0.3 is 10.6 Å². The Morgan fingerprint density at radius 3 is 2.54 bits per heavy atom. The molecule has 0 aliphatic carbocycles. The van der Waals surface area contributed by atoms with Crippen LogP contribution in [0.1, 0.15) is 26.3 Å². The lowest BCUT2D eigenvalue weighted by atomic mass is 10.1. The number of carbonyl (C=O) groups is 1. The second-order valence-corrected chi connectivity index (χ2v) is 6.85. The first kappa shape index (κ1) is 18.0. The predicted molar refractivity (Wildman–Crippen MR) is 95.4 cm³/mol. The monoisotopic (exact) mass is 348 g/mol. The number of halogens is 1. The Labute approximate surface area is 145 Å². The Balaban J connectivity index is 2.07. The maximum Gasteiger partial charge on any atom is 0.287 e. The molecule has 0 fully saturated rings. The van der Waals surface area contributed by atoms with Crippen molar-refractivity contribution in [1.82, 2.24) is 15.1 Å². The molecule has 0 aliphatic rings. The molecule has 2 N–H and O–H groups in total. The Morgan fingerprint density at radius 2 is 1.92 bits per heavy atom. The number of nitrogens with one attached hydrogen (secondary N) is 2. The van der Waals surface area contributed by atoms with Gasteiger partial charge in [0.15, 0.2) is 0 Å². The zero-order chi connectivity index (χ0) is 17.7. The van der Waals surface area contributed by atoms with Gasteiger partial charge in [-0.05, 0) is 26.3 Å². The number of nitrogens with zero attached hydrogens (tertiary/aromatic N) is 2. The van der Waals surface area contributed by atoms with E-state index in [1.165, 1.54) is 10.9 Å². The highest BCUT2D eigenvalue weighted by Crippen LogP contribution is 2.15. The molecule has 0 unspecified atom stereocenters. The van der Waals surface area contributed by atoms with Crippen LogP contribution < -0.4 is 16.2 Å². The summed E-state index contributed by atoms with van der Waals surface area (Å²) in [6.07, 6.45) is 1.46. The van der Waals surface area contributed by atoms with Crippen molar-refractivity contribution in [2.75, 3.05) is 11.9 Å². The predicted octanol–water partition coefficient (Wildman–Crippen LogP) is 2.27. The van der Waals surface area contributed by atoms with Gasteiger partial charge in [-0.2, -0.15) is 5.10 Å². The highest BCUT2D eigenvalue weighted by Gasteiger charge is 2.15. The van der Waals surface area contributed by atoms with E-state index >= 15 is 0 Å². The van der Waals surface area contributed by atoms with E-state index < -0.39 is 5.56 Å². The molecule has 0 radical (unpaired) electrons. The van der Waals surface area contributed by atoms with Crippen LogP contribution in [0.2, 0.25) is 5.02 Å². The maximum absolute atomic E-state index is 12.3. The van der Waals surface area contributed by atoms with E-state index in [9.17, 15) is 9.59 Å². The van der Waals surface area contributed by atoms with E-state index in [1.807, 2.05) is 51.1 Å². The number of aromatic nitrogens is 2. The minimum Gasteiger partial charge on any atom is -0.373 e. The first-order valence-electron chi connectivity index (χ1n) is 7.61. The molecule has 0 saturated heterocycles. The van der Waals surface area contributed by atoms with E-state index in [0.717, 1.165) is 5.56 Å². The van der Waals surface area contributed by atoms with E-state index in [2.05, 4.69) is 15.7 Å². The molecule has 1 aromatic carbocycles. The van der Waals surface area contributed by atoms with E-state index in [4.69, 9.17) is 11.6 Å². The van der Waals surface area contributed by atoms with Crippen LogP contribution in [0.25, 0.3) is 0 Å². The van der Waals surface area contributed by atoms with Gasteiger partial charge in [0.05, 0.1) is 25.0 Å². The van der Waals surface area contributed by atoms with Crippen LogP contribution in [0.5, 0.6) is 0 Å². The third kappa shape index (κ3) is 5.09. The van der Waals surface area contributed by atoms with E-state index in [0.29, 0.717) is 12.2 Å². The van der Waals surface area contributed by atoms with Gasteiger partial charge in [-0.15, -0.1) is 0 Å². The molecule has 24 heavy (non-hydrogen) atoms. The van der Waals surface area contributed by atoms with Gasteiger partial charge in [-0.1, -0.05) is 41.9 Å². The molecule has 2 aromatic rings. The quantitative estimate of drug-likeness (QED) is 0.869. The van der Waals surface area contributed by atoms with Crippen LogP contribution in [-0.2, 0) is 11.3 Å². The third-order valence-corrected chi connectivity index (χ3v) is 3.48. The van der Waals surface area contributed by atoms with Crippen LogP contribution >= 0.6 is 11.6 Å². The lowest BCUT2D eigenvalue weighted by Crippen LogP contribution is -2.43. The highest BCUT2D eigenvalue weighted by molar-refractivity contribution is 6.33.